The fourth-order valence-electron chi connectivity index (χ4n) is 2.24. The highest BCUT2D eigenvalue weighted by atomic mass is 16.5. The molecule has 1 aromatic carbocycles. The first-order chi connectivity index (χ1) is 8.49. The zero-order valence-electron chi connectivity index (χ0n) is 11.7. The number of methoxy groups -OCH3 is 1. The molecule has 0 heterocycles. The van der Waals surface area contributed by atoms with Crippen molar-refractivity contribution in [1.82, 2.24) is 0 Å². The lowest BCUT2D eigenvalue weighted by atomic mass is 9.87. The van der Waals surface area contributed by atoms with Crippen LogP contribution in [0, 0.1) is 6.92 Å². The number of hydrogen-bond acceptors (Lipinski definition) is 3. The van der Waals surface area contributed by atoms with E-state index >= 15 is 0 Å². The third-order valence-electron chi connectivity index (χ3n) is 3.49. The van der Waals surface area contributed by atoms with Crippen LogP contribution < -0.4 is 4.74 Å². The van der Waals surface area contributed by atoms with Gasteiger partial charge >= 0.3 is 0 Å². The first-order valence-corrected chi connectivity index (χ1v) is 6.50. The van der Waals surface area contributed by atoms with Gasteiger partial charge in [-0.05, 0) is 55.9 Å². The van der Waals surface area contributed by atoms with Crippen LogP contribution in [-0.2, 0) is 0 Å². The van der Waals surface area contributed by atoms with Crippen molar-refractivity contribution in [2.45, 2.75) is 51.7 Å². The van der Waals surface area contributed by atoms with Gasteiger partial charge in [0.05, 0.1) is 19.3 Å². The molecule has 0 bridgehead atoms. The number of aliphatic hydroxyl groups is 2. The Morgan fingerprint density at radius 1 is 1.28 bits per heavy atom. The first-order valence-electron chi connectivity index (χ1n) is 6.50. The van der Waals surface area contributed by atoms with E-state index in [2.05, 4.69) is 19.9 Å². The van der Waals surface area contributed by atoms with Gasteiger partial charge in [0.15, 0.2) is 0 Å². The summed E-state index contributed by atoms with van der Waals surface area (Å²) >= 11 is 0. The molecule has 3 atom stereocenters. The Hall–Kier alpha value is -1.06. The van der Waals surface area contributed by atoms with Crippen molar-refractivity contribution in [3.05, 3.63) is 29.3 Å². The normalized spacial score (nSPS) is 16.1. The molecule has 0 aliphatic rings. The molecule has 0 aromatic heterocycles. The molecule has 2 N–H and O–H groups in total. The highest BCUT2D eigenvalue weighted by molar-refractivity contribution is 5.36. The van der Waals surface area contributed by atoms with E-state index in [1.807, 2.05) is 12.1 Å². The van der Waals surface area contributed by atoms with Gasteiger partial charge in [0.25, 0.3) is 0 Å². The third kappa shape index (κ3) is 3.72. The Bertz CT molecular complexity index is 374. The fourth-order valence-corrected chi connectivity index (χ4v) is 2.24. The molecule has 0 spiro atoms. The third-order valence-corrected chi connectivity index (χ3v) is 3.49. The molecule has 1 rings (SSSR count). The maximum absolute atomic E-state index is 9.81. The van der Waals surface area contributed by atoms with Crippen molar-refractivity contribution in [3.63, 3.8) is 0 Å². The van der Waals surface area contributed by atoms with Crippen LogP contribution in [-0.4, -0.2) is 29.5 Å². The summed E-state index contributed by atoms with van der Waals surface area (Å²) in [6, 6.07) is 6.00. The minimum absolute atomic E-state index is 0.264. The smallest absolute Gasteiger partial charge is 0.119 e. The van der Waals surface area contributed by atoms with Gasteiger partial charge in [-0.2, -0.15) is 0 Å². The minimum atomic E-state index is -0.683. The Kier molecular flexibility index (Phi) is 5.63. The predicted octanol–water partition coefficient (Wildman–Crippen LogP) is 2.63. The van der Waals surface area contributed by atoms with Crippen molar-refractivity contribution in [2.24, 2.45) is 0 Å². The predicted molar refractivity (Wildman–Crippen MR) is 73.1 cm³/mol. The Morgan fingerprint density at radius 3 is 2.39 bits per heavy atom. The van der Waals surface area contributed by atoms with Crippen molar-refractivity contribution < 1.29 is 14.9 Å². The monoisotopic (exact) mass is 252 g/mol. The molecular weight excluding hydrogens is 228 g/mol. The van der Waals surface area contributed by atoms with Crippen LogP contribution in [0.4, 0.5) is 0 Å². The lowest BCUT2D eigenvalue weighted by molar-refractivity contribution is 0.0214. The van der Waals surface area contributed by atoms with Gasteiger partial charge in [-0.25, -0.2) is 0 Å². The SMILES string of the molecule is CCC(CC(O)C(C)O)c1ccc(OC)cc1C. The summed E-state index contributed by atoms with van der Waals surface area (Å²) in [5.41, 5.74) is 2.39. The van der Waals surface area contributed by atoms with E-state index in [0.29, 0.717) is 6.42 Å². The first kappa shape index (κ1) is 15.0. The second-order valence-corrected chi connectivity index (χ2v) is 4.87. The van der Waals surface area contributed by atoms with E-state index in [9.17, 15) is 10.2 Å². The average Bonchev–Trinajstić information content (AvgIpc) is 2.35. The maximum atomic E-state index is 9.81. The van der Waals surface area contributed by atoms with Gasteiger partial charge in [-0.3, -0.25) is 0 Å². The van der Waals surface area contributed by atoms with Gasteiger partial charge in [0, 0.05) is 0 Å². The fraction of sp³-hybridized carbons (Fsp3) is 0.600. The largest absolute Gasteiger partial charge is 0.497 e. The van der Waals surface area contributed by atoms with Gasteiger partial charge in [0.1, 0.15) is 5.75 Å². The highest BCUT2D eigenvalue weighted by Gasteiger charge is 2.19. The van der Waals surface area contributed by atoms with Crippen molar-refractivity contribution >= 4 is 0 Å². The summed E-state index contributed by atoms with van der Waals surface area (Å²) in [4.78, 5) is 0. The molecule has 0 amide bonds. The quantitative estimate of drug-likeness (QED) is 0.818. The number of aryl methyl sites for hydroxylation is 1. The molecule has 1 aromatic rings. The summed E-state index contributed by atoms with van der Waals surface area (Å²) in [6.07, 6.45) is 0.173. The Balaban J connectivity index is 2.88. The topological polar surface area (TPSA) is 49.7 Å². The Morgan fingerprint density at radius 2 is 1.94 bits per heavy atom. The standard InChI is InChI=1S/C15H24O3/c1-5-12(9-15(17)11(3)16)14-7-6-13(18-4)8-10(14)2/h6-8,11-12,15-17H,5,9H2,1-4H3. The summed E-state index contributed by atoms with van der Waals surface area (Å²) in [5, 5.41) is 19.2. The minimum Gasteiger partial charge on any atom is -0.497 e. The van der Waals surface area contributed by atoms with Gasteiger partial charge in [0.2, 0.25) is 0 Å². The molecule has 0 aliphatic heterocycles. The van der Waals surface area contributed by atoms with Crippen LogP contribution >= 0.6 is 0 Å². The van der Waals surface area contributed by atoms with E-state index in [0.717, 1.165) is 12.2 Å². The maximum Gasteiger partial charge on any atom is 0.119 e. The second kappa shape index (κ2) is 6.76. The van der Waals surface area contributed by atoms with E-state index in [-0.39, 0.29) is 5.92 Å². The van der Waals surface area contributed by atoms with E-state index in [4.69, 9.17) is 4.74 Å². The van der Waals surface area contributed by atoms with Crippen LogP contribution in [0.5, 0.6) is 5.75 Å². The molecule has 0 saturated carbocycles. The number of ether oxygens (including phenoxy) is 1. The number of rotatable bonds is 6. The van der Waals surface area contributed by atoms with Gasteiger partial charge in [-0.15, -0.1) is 0 Å². The van der Waals surface area contributed by atoms with Crippen LogP contribution in [0.25, 0.3) is 0 Å². The average molecular weight is 252 g/mol. The van der Waals surface area contributed by atoms with Crippen LogP contribution in [0.1, 0.15) is 43.7 Å². The molecule has 18 heavy (non-hydrogen) atoms. The van der Waals surface area contributed by atoms with Crippen LogP contribution in [0.2, 0.25) is 0 Å². The second-order valence-electron chi connectivity index (χ2n) is 4.87. The van der Waals surface area contributed by atoms with E-state index in [1.165, 1.54) is 11.1 Å². The number of aliphatic hydroxyl groups excluding tert-OH is 2. The molecule has 3 heteroatoms. The van der Waals surface area contributed by atoms with Crippen molar-refractivity contribution in [1.29, 1.82) is 0 Å². The highest BCUT2D eigenvalue weighted by Crippen LogP contribution is 2.30. The lowest BCUT2D eigenvalue weighted by Gasteiger charge is -2.23. The summed E-state index contributed by atoms with van der Waals surface area (Å²) in [7, 11) is 1.66. The Labute approximate surface area is 109 Å². The molecule has 0 saturated heterocycles. The van der Waals surface area contributed by atoms with E-state index < -0.39 is 12.2 Å². The molecule has 3 nitrogen and oxygen atoms in total. The number of benzene rings is 1. The molecule has 102 valence electrons. The van der Waals surface area contributed by atoms with Crippen LogP contribution in [0.3, 0.4) is 0 Å². The lowest BCUT2D eigenvalue weighted by Crippen LogP contribution is -2.24. The van der Waals surface area contributed by atoms with Gasteiger partial charge in [-0.1, -0.05) is 13.0 Å². The summed E-state index contributed by atoms with van der Waals surface area (Å²) in [6.45, 7) is 5.77. The van der Waals surface area contributed by atoms with Gasteiger partial charge < -0.3 is 14.9 Å². The molecule has 0 fully saturated rings. The molecule has 3 unspecified atom stereocenters. The zero-order valence-corrected chi connectivity index (χ0v) is 11.7. The molecule has 0 aliphatic carbocycles. The zero-order chi connectivity index (χ0) is 13.7. The molecule has 0 radical (unpaired) electrons. The molecular formula is C15H24O3. The summed E-state index contributed by atoms with van der Waals surface area (Å²) < 4.78 is 5.19. The van der Waals surface area contributed by atoms with Crippen molar-refractivity contribution in [3.8, 4) is 5.75 Å². The van der Waals surface area contributed by atoms with Crippen molar-refractivity contribution in [2.75, 3.05) is 7.11 Å². The van der Waals surface area contributed by atoms with E-state index in [1.54, 1.807) is 14.0 Å². The number of hydrogen-bond donors (Lipinski definition) is 2. The summed E-state index contributed by atoms with van der Waals surface area (Å²) in [5.74, 6) is 1.11. The van der Waals surface area contributed by atoms with Crippen LogP contribution in [0.15, 0.2) is 18.2 Å².